The Morgan fingerprint density at radius 2 is 2.22 bits per heavy atom. The van der Waals surface area contributed by atoms with Gasteiger partial charge in [-0.2, -0.15) is 4.98 Å². The molecule has 2 N–H and O–H groups in total. The molecule has 1 aliphatic heterocycles. The Balaban J connectivity index is 1.62. The lowest BCUT2D eigenvalue weighted by molar-refractivity contribution is 0.0696. The van der Waals surface area contributed by atoms with Gasteiger partial charge in [-0.25, -0.2) is 9.78 Å². The van der Waals surface area contributed by atoms with Crippen LogP contribution in [0.5, 0.6) is 0 Å². The maximum absolute atomic E-state index is 11.6. The molecule has 1 saturated heterocycles. The number of hydrogen-bond donors (Lipinski definition) is 2. The molecule has 27 heavy (non-hydrogen) atoms. The third-order valence-corrected chi connectivity index (χ3v) is 5.57. The smallest absolute Gasteiger partial charge is 0.341 e. The SMILES string of the molecule is COC(Nc1nc(N2CCC3(CC3)C2)ncc1C(=O)O)c1cccc(Cl)c1. The molecule has 1 saturated carbocycles. The van der Waals surface area contributed by atoms with E-state index in [0.717, 1.165) is 25.1 Å². The molecule has 8 heteroatoms. The average Bonchev–Trinajstić information content (AvgIpc) is 3.28. The van der Waals surface area contributed by atoms with Gasteiger partial charge in [-0.15, -0.1) is 0 Å². The third kappa shape index (κ3) is 3.70. The van der Waals surface area contributed by atoms with Crippen molar-refractivity contribution in [2.75, 3.05) is 30.4 Å². The van der Waals surface area contributed by atoms with E-state index < -0.39 is 12.2 Å². The molecule has 1 spiro atoms. The lowest BCUT2D eigenvalue weighted by Crippen LogP contribution is -2.24. The first-order valence-corrected chi connectivity index (χ1v) is 9.28. The van der Waals surface area contributed by atoms with Crippen molar-refractivity contribution in [1.29, 1.82) is 0 Å². The molecule has 2 aromatic rings. The Kier molecular flexibility index (Phi) is 4.65. The first-order valence-electron chi connectivity index (χ1n) is 8.90. The van der Waals surface area contributed by atoms with Gasteiger partial charge in [0.2, 0.25) is 5.95 Å². The van der Waals surface area contributed by atoms with E-state index in [2.05, 4.69) is 20.2 Å². The van der Waals surface area contributed by atoms with Crippen molar-refractivity contribution in [3.63, 3.8) is 0 Å². The summed E-state index contributed by atoms with van der Waals surface area (Å²) < 4.78 is 5.50. The first kappa shape index (κ1) is 18.0. The first-order chi connectivity index (χ1) is 13.0. The van der Waals surface area contributed by atoms with Crippen LogP contribution in [-0.2, 0) is 4.74 Å². The minimum atomic E-state index is -1.09. The number of hydrogen-bond acceptors (Lipinski definition) is 6. The van der Waals surface area contributed by atoms with Gasteiger partial charge in [-0.05, 0) is 36.8 Å². The van der Waals surface area contributed by atoms with E-state index in [1.54, 1.807) is 19.2 Å². The average molecular weight is 389 g/mol. The number of carbonyl (C=O) groups is 1. The van der Waals surface area contributed by atoms with Gasteiger partial charge in [-0.1, -0.05) is 23.7 Å². The second-order valence-electron chi connectivity index (χ2n) is 7.22. The highest BCUT2D eigenvalue weighted by atomic mass is 35.5. The van der Waals surface area contributed by atoms with Crippen LogP contribution in [-0.4, -0.2) is 41.2 Å². The maximum Gasteiger partial charge on any atom is 0.341 e. The molecule has 0 amide bonds. The van der Waals surface area contributed by atoms with Crippen molar-refractivity contribution in [2.24, 2.45) is 5.41 Å². The molecule has 7 nitrogen and oxygen atoms in total. The second kappa shape index (κ2) is 6.98. The number of methoxy groups -OCH3 is 1. The highest BCUT2D eigenvalue weighted by Crippen LogP contribution is 2.53. The van der Waals surface area contributed by atoms with Crippen molar-refractivity contribution in [3.8, 4) is 0 Å². The van der Waals surface area contributed by atoms with Crippen LogP contribution in [0.3, 0.4) is 0 Å². The summed E-state index contributed by atoms with van der Waals surface area (Å²) in [6.07, 6.45) is 4.42. The van der Waals surface area contributed by atoms with Gasteiger partial charge in [0.1, 0.15) is 11.4 Å². The summed E-state index contributed by atoms with van der Waals surface area (Å²) >= 11 is 6.06. The molecule has 2 fully saturated rings. The molecule has 142 valence electrons. The molecule has 2 aliphatic rings. The number of rotatable bonds is 6. The second-order valence-corrected chi connectivity index (χ2v) is 7.66. The number of carboxylic acids is 1. The molecule has 0 bridgehead atoms. The summed E-state index contributed by atoms with van der Waals surface area (Å²) in [5, 5.41) is 13.2. The monoisotopic (exact) mass is 388 g/mol. The third-order valence-electron chi connectivity index (χ3n) is 5.34. The fourth-order valence-electron chi connectivity index (χ4n) is 3.55. The van der Waals surface area contributed by atoms with E-state index in [1.807, 2.05) is 12.1 Å². The van der Waals surface area contributed by atoms with Crippen LogP contribution in [0, 0.1) is 5.41 Å². The summed E-state index contributed by atoms with van der Waals surface area (Å²) in [5.74, 6) is -0.312. The molecule has 1 aromatic heterocycles. The molecule has 1 aliphatic carbocycles. The number of carboxylic acid groups (broad SMARTS) is 1. The molecule has 4 rings (SSSR count). The van der Waals surface area contributed by atoms with Crippen LogP contribution in [0.2, 0.25) is 5.02 Å². The molecule has 1 unspecified atom stereocenters. The Labute approximate surface area is 162 Å². The Bertz CT molecular complexity index is 872. The fraction of sp³-hybridized carbons (Fsp3) is 0.421. The minimum absolute atomic E-state index is 0.00293. The van der Waals surface area contributed by atoms with Gasteiger partial charge in [0, 0.05) is 37.0 Å². The van der Waals surface area contributed by atoms with Crippen LogP contribution >= 0.6 is 11.6 Å². The van der Waals surface area contributed by atoms with Gasteiger partial charge in [-0.3, -0.25) is 0 Å². The number of nitrogens with one attached hydrogen (secondary N) is 1. The highest BCUT2D eigenvalue weighted by Gasteiger charge is 2.48. The lowest BCUT2D eigenvalue weighted by Gasteiger charge is -2.21. The summed E-state index contributed by atoms with van der Waals surface area (Å²) in [6, 6.07) is 7.20. The lowest BCUT2D eigenvalue weighted by atomic mass is 10.1. The zero-order valence-corrected chi connectivity index (χ0v) is 15.7. The molecule has 2 heterocycles. The Hall–Kier alpha value is -2.38. The Morgan fingerprint density at radius 3 is 2.85 bits per heavy atom. The maximum atomic E-state index is 11.6. The van der Waals surface area contributed by atoms with Gasteiger partial charge in [0.05, 0.1) is 0 Å². The van der Waals surface area contributed by atoms with Crippen molar-refractivity contribution < 1.29 is 14.6 Å². The largest absolute Gasteiger partial charge is 0.477 e. The number of ether oxygens (including phenoxy) is 1. The van der Waals surface area contributed by atoms with E-state index in [1.165, 1.54) is 19.0 Å². The molecule has 1 atom stereocenters. The number of benzene rings is 1. The summed E-state index contributed by atoms with van der Waals surface area (Å²) in [5.41, 5.74) is 1.21. The predicted molar refractivity (Wildman–Crippen MR) is 102 cm³/mol. The molecular formula is C19H21ClN4O3. The zero-order chi connectivity index (χ0) is 19.0. The summed E-state index contributed by atoms with van der Waals surface area (Å²) in [7, 11) is 1.54. The predicted octanol–water partition coefficient (Wildman–Crippen LogP) is 3.58. The van der Waals surface area contributed by atoms with E-state index in [0.29, 0.717) is 16.4 Å². The van der Waals surface area contributed by atoms with E-state index in [4.69, 9.17) is 16.3 Å². The standard InChI is InChI=1S/C19H21ClN4O3/c1-27-16(12-3-2-4-13(20)9-12)22-15-14(17(25)26)10-21-18(23-15)24-8-7-19(11-24)5-6-19/h2-4,9-10,16H,5-8,11H2,1H3,(H,25,26)(H,21,22,23). The Morgan fingerprint density at radius 1 is 1.41 bits per heavy atom. The van der Waals surface area contributed by atoms with Crippen LogP contribution in [0.1, 0.15) is 41.4 Å². The van der Waals surface area contributed by atoms with Crippen LogP contribution in [0.4, 0.5) is 11.8 Å². The van der Waals surface area contributed by atoms with Crippen LogP contribution in [0.25, 0.3) is 0 Å². The number of halogens is 1. The van der Waals surface area contributed by atoms with Crippen LogP contribution < -0.4 is 10.2 Å². The van der Waals surface area contributed by atoms with Gasteiger partial charge in [0.25, 0.3) is 0 Å². The van der Waals surface area contributed by atoms with E-state index in [-0.39, 0.29) is 11.4 Å². The van der Waals surface area contributed by atoms with Crippen LogP contribution in [0.15, 0.2) is 30.5 Å². The summed E-state index contributed by atoms with van der Waals surface area (Å²) in [4.78, 5) is 22.6. The number of anilines is 2. The summed E-state index contributed by atoms with van der Waals surface area (Å²) in [6.45, 7) is 1.83. The zero-order valence-electron chi connectivity index (χ0n) is 15.0. The normalized spacial score (nSPS) is 18.5. The number of aromatic nitrogens is 2. The van der Waals surface area contributed by atoms with Gasteiger partial charge >= 0.3 is 5.97 Å². The molecular weight excluding hydrogens is 368 g/mol. The molecule has 1 aromatic carbocycles. The number of nitrogens with zero attached hydrogens (tertiary/aromatic N) is 3. The number of aromatic carboxylic acids is 1. The van der Waals surface area contributed by atoms with Crippen molar-refractivity contribution in [3.05, 3.63) is 46.6 Å². The highest BCUT2D eigenvalue weighted by molar-refractivity contribution is 6.30. The van der Waals surface area contributed by atoms with E-state index >= 15 is 0 Å². The van der Waals surface area contributed by atoms with Gasteiger partial charge in [0.15, 0.2) is 6.23 Å². The topological polar surface area (TPSA) is 87.6 Å². The quantitative estimate of drug-likeness (QED) is 0.731. The molecule has 0 radical (unpaired) electrons. The minimum Gasteiger partial charge on any atom is -0.477 e. The van der Waals surface area contributed by atoms with Crippen molar-refractivity contribution >= 4 is 29.3 Å². The van der Waals surface area contributed by atoms with Crippen molar-refractivity contribution in [1.82, 2.24) is 9.97 Å². The van der Waals surface area contributed by atoms with Gasteiger partial charge < -0.3 is 20.1 Å². The van der Waals surface area contributed by atoms with E-state index in [9.17, 15) is 9.90 Å². The van der Waals surface area contributed by atoms with Crippen molar-refractivity contribution in [2.45, 2.75) is 25.5 Å². The fourth-order valence-corrected chi connectivity index (χ4v) is 3.75.